The van der Waals surface area contributed by atoms with E-state index < -0.39 is 60.2 Å². The van der Waals surface area contributed by atoms with E-state index in [2.05, 4.69) is 13.2 Å². The molecule has 4 aromatic carbocycles. The molecule has 4 aromatic rings. The van der Waals surface area contributed by atoms with Crippen molar-refractivity contribution in [3.8, 4) is 23.0 Å². The smallest absolute Gasteiger partial charge is 0.338 e. The summed E-state index contributed by atoms with van der Waals surface area (Å²) >= 11 is 0. The molecule has 2 aliphatic rings. The number of carbonyl (C=O) groups excluding carboxylic acids is 6. The summed E-state index contributed by atoms with van der Waals surface area (Å²) in [5.41, 5.74) is 2.17. The van der Waals surface area contributed by atoms with Crippen molar-refractivity contribution in [2.24, 2.45) is 0 Å². The lowest BCUT2D eigenvalue weighted by atomic mass is 10.1. The van der Waals surface area contributed by atoms with E-state index in [9.17, 15) is 28.8 Å². The molecule has 0 bridgehead atoms. The highest BCUT2D eigenvalue weighted by Crippen LogP contribution is 2.32. The molecule has 0 radical (unpaired) electrons. The lowest BCUT2D eigenvalue weighted by Gasteiger charge is -2.17. The fourth-order valence-corrected chi connectivity index (χ4v) is 6.15. The van der Waals surface area contributed by atoms with Crippen LogP contribution in [-0.4, -0.2) is 87.0 Å². The third-order valence-electron chi connectivity index (χ3n) is 9.39. The minimum Gasteiger partial charge on any atom is -0.457 e. The lowest BCUT2D eigenvalue weighted by Crippen LogP contribution is -2.36. The topological polar surface area (TPSA) is 195 Å². The number of ether oxygens (including phenoxy) is 10. The quantitative estimate of drug-likeness (QED) is 0.0358. The predicted octanol–water partition coefficient (Wildman–Crippen LogP) is 5.44. The van der Waals surface area contributed by atoms with Crippen LogP contribution in [0.4, 0.5) is 0 Å². The van der Waals surface area contributed by atoms with Gasteiger partial charge in [-0.1, -0.05) is 37.4 Å². The van der Waals surface area contributed by atoms with Crippen LogP contribution < -0.4 is 18.9 Å². The third-order valence-corrected chi connectivity index (χ3v) is 9.39. The van der Waals surface area contributed by atoms with Gasteiger partial charge in [0.25, 0.3) is 0 Å². The Morgan fingerprint density at radius 2 is 0.871 bits per heavy atom. The summed E-state index contributed by atoms with van der Waals surface area (Å²) in [6.07, 6.45) is 0.258. The fraction of sp³-hybridized carbons (Fsp3) is 0.261. The second-order valence-electron chi connectivity index (χ2n) is 13.6. The first-order valence-electron chi connectivity index (χ1n) is 19.4. The number of carbonyl (C=O) groups is 6. The van der Waals surface area contributed by atoms with E-state index in [-0.39, 0.29) is 62.3 Å². The van der Waals surface area contributed by atoms with E-state index in [0.29, 0.717) is 24.3 Å². The van der Waals surface area contributed by atoms with Crippen LogP contribution in [0.5, 0.6) is 23.0 Å². The van der Waals surface area contributed by atoms with Crippen molar-refractivity contribution in [1.82, 2.24) is 0 Å². The monoisotopic (exact) mass is 850 g/mol. The molecule has 2 saturated heterocycles. The Morgan fingerprint density at radius 1 is 0.516 bits per heavy atom. The van der Waals surface area contributed by atoms with E-state index in [1.807, 2.05) is 0 Å². The molecule has 6 rings (SSSR count). The molecular weight excluding hydrogens is 808 g/mol. The highest BCUT2D eigenvalue weighted by Gasteiger charge is 2.51. The van der Waals surface area contributed by atoms with Gasteiger partial charge in [-0.2, -0.15) is 0 Å². The summed E-state index contributed by atoms with van der Waals surface area (Å²) in [7, 11) is 0. The molecule has 16 heteroatoms. The second-order valence-corrected chi connectivity index (χ2v) is 13.6. The molecule has 2 heterocycles. The minimum absolute atomic E-state index is 0.0283. The molecule has 16 nitrogen and oxygen atoms in total. The van der Waals surface area contributed by atoms with Crippen LogP contribution in [0.25, 0.3) is 0 Å². The van der Waals surface area contributed by atoms with Gasteiger partial charge >= 0.3 is 35.8 Å². The van der Waals surface area contributed by atoms with E-state index in [1.165, 1.54) is 48.5 Å². The third kappa shape index (κ3) is 12.8. The molecule has 0 saturated carbocycles. The number of esters is 6. The zero-order valence-electron chi connectivity index (χ0n) is 33.3. The Morgan fingerprint density at radius 3 is 1.23 bits per heavy atom. The highest BCUT2D eigenvalue weighted by molar-refractivity contribution is 5.90. The summed E-state index contributed by atoms with van der Waals surface area (Å²) in [6, 6.07) is 25.7. The zero-order valence-corrected chi connectivity index (χ0v) is 33.3. The van der Waals surface area contributed by atoms with Crippen molar-refractivity contribution in [3.63, 3.8) is 0 Å². The summed E-state index contributed by atoms with van der Waals surface area (Å²) in [6.45, 7) is 6.18. The molecule has 2 fully saturated rings. The van der Waals surface area contributed by atoms with Crippen LogP contribution in [0, 0.1) is 0 Å². The number of fused-ring (bicyclic) bond motifs is 1. The van der Waals surface area contributed by atoms with Gasteiger partial charge in [0.1, 0.15) is 35.2 Å². The number of hydrogen-bond donors (Lipinski definition) is 0. The Bertz CT molecular complexity index is 2060. The maximum Gasteiger partial charge on any atom is 0.338 e. The average molecular weight is 851 g/mol. The van der Waals surface area contributed by atoms with Gasteiger partial charge in [-0.3, -0.25) is 9.59 Å². The van der Waals surface area contributed by atoms with Gasteiger partial charge < -0.3 is 47.4 Å². The van der Waals surface area contributed by atoms with Crippen molar-refractivity contribution < 1.29 is 76.1 Å². The van der Waals surface area contributed by atoms with Crippen LogP contribution in [0.2, 0.25) is 0 Å². The van der Waals surface area contributed by atoms with Gasteiger partial charge in [0.2, 0.25) is 13.6 Å². The van der Waals surface area contributed by atoms with Crippen LogP contribution in [0.15, 0.2) is 122 Å². The Kier molecular flexibility index (Phi) is 15.6. The van der Waals surface area contributed by atoms with Crippen LogP contribution in [0.1, 0.15) is 44.7 Å². The maximum atomic E-state index is 13.0. The zero-order chi connectivity index (χ0) is 43.8. The Balaban J connectivity index is 0.879. The van der Waals surface area contributed by atoms with Gasteiger partial charge in [0, 0.05) is 25.0 Å². The molecule has 2 aliphatic heterocycles. The first-order valence-corrected chi connectivity index (χ1v) is 19.4. The van der Waals surface area contributed by atoms with E-state index in [4.69, 9.17) is 47.4 Å². The SMILES string of the molecule is C=CC(=O)OCOc1ccc(CCC(=O)Oc2ccc(C(=O)OC3COC4C3OC[C@H]4OC(=O)c3ccc(OC(=O)CCc4ccc(OCOC(=O)C=C)cc4)cc3)cc2)cc1. The highest BCUT2D eigenvalue weighted by atomic mass is 16.7. The minimum atomic E-state index is -0.757. The van der Waals surface area contributed by atoms with E-state index in [1.54, 1.807) is 48.5 Å². The van der Waals surface area contributed by atoms with Gasteiger partial charge in [0.15, 0.2) is 12.2 Å². The predicted molar refractivity (Wildman–Crippen MR) is 215 cm³/mol. The average Bonchev–Trinajstić information content (AvgIpc) is 3.88. The number of rotatable bonds is 20. The first kappa shape index (κ1) is 44.3. The van der Waals surface area contributed by atoms with Gasteiger partial charge in [0.05, 0.1) is 24.3 Å². The normalized spacial score (nSPS) is 17.4. The van der Waals surface area contributed by atoms with Crippen molar-refractivity contribution in [3.05, 3.63) is 145 Å². The molecule has 0 amide bonds. The summed E-state index contributed by atoms with van der Waals surface area (Å²) in [5.74, 6) is -1.91. The van der Waals surface area contributed by atoms with Crippen LogP contribution >= 0.6 is 0 Å². The molecule has 0 aromatic heterocycles. The lowest BCUT2D eigenvalue weighted by molar-refractivity contribution is -0.145. The summed E-state index contributed by atoms with van der Waals surface area (Å²) in [5, 5.41) is 0. The van der Waals surface area contributed by atoms with Crippen molar-refractivity contribution in [2.75, 3.05) is 26.8 Å². The number of hydrogen-bond acceptors (Lipinski definition) is 16. The fourth-order valence-electron chi connectivity index (χ4n) is 6.15. The molecule has 62 heavy (non-hydrogen) atoms. The molecule has 322 valence electrons. The molecular formula is C46H42O16. The summed E-state index contributed by atoms with van der Waals surface area (Å²) in [4.78, 5) is 73.2. The second kappa shape index (κ2) is 21.8. The number of benzene rings is 4. The van der Waals surface area contributed by atoms with E-state index >= 15 is 0 Å². The van der Waals surface area contributed by atoms with Crippen molar-refractivity contribution in [2.45, 2.75) is 50.1 Å². The van der Waals surface area contributed by atoms with E-state index in [0.717, 1.165) is 23.3 Å². The van der Waals surface area contributed by atoms with Gasteiger partial charge in [-0.05, 0) is 96.8 Å². The van der Waals surface area contributed by atoms with Crippen molar-refractivity contribution in [1.29, 1.82) is 0 Å². The molecule has 4 atom stereocenters. The van der Waals surface area contributed by atoms with Crippen molar-refractivity contribution >= 4 is 35.8 Å². The molecule has 0 spiro atoms. The molecule has 3 unspecified atom stereocenters. The standard InChI is InChI=1S/C46H42O16/c1-3-39(47)57-27-55-33-15-5-29(6-16-33)9-23-41(49)59-35-19-11-31(12-20-35)45(51)61-37-25-53-44-38(26-54-43(37)44)62-46(52)32-13-21-36(22-14-32)60-42(50)24-10-30-7-17-34(18-8-30)56-28-58-40(48)4-2/h3-8,11-22,37-38,43-44H,1-2,9-10,23-28H2/t37-,38?,43?,44?/m1/s1. The van der Waals surface area contributed by atoms with Crippen LogP contribution in [0.3, 0.4) is 0 Å². The molecule has 0 aliphatic carbocycles. The largest absolute Gasteiger partial charge is 0.457 e. The molecule has 0 N–H and O–H groups in total. The Labute approximate surface area is 355 Å². The van der Waals surface area contributed by atoms with Gasteiger partial charge in [-0.15, -0.1) is 0 Å². The maximum absolute atomic E-state index is 13.0. The van der Waals surface area contributed by atoms with Crippen LogP contribution in [-0.2, 0) is 60.4 Å². The Hall–Kier alpha value is -7.30. The number of aryl methyl sites for hydroxylation is 2. The summed E-state index contributed by atoms with van der Waals surface area (Å²) < 4.78 is 54.1. The first-order chi connectivity index (χ1) is 30.1. The van der Waals surface area contributed by atoms with Gasteiger partial charge in [-0.25, -0.2) is 19.2 Å².